The minimum Gasteiger partial charge on any atom is -0.463 e. The molecule has 1 aliphatic heterocycles. The summed E-state index contributed by atoms with van der Waals surface area (Å²) in [5.41, 5.74) is 0.386. The van der Waals surface area contributed by atoms with Gasteiger partial charge in [-0.05, 0) is 32.1 Å². The van der Waals surface area contributed by atoms with Gasteiger partial charge in [0.15, 0.2) is 0 Å². The Balaban J connectivity index is 1.71. The molecule has 2 fully saturated rings. The molecule has 2 atom stereocenters. The molecule has 0 bridgehead atoms. The molecule has 22 heavy (non-hydrogen) atoms. The van der Waals surface area contributed by atoms with Gasteiger partial charge in [0.2, 0.25) is 11.8 Å². The van der Waals surface area contributed by atoms with Crippen molar-refractivity contribution >= 4 is 17.8 Å². The largest absolute Gasteiger partial charge is 0.463 e. The Labute approximate surface area is 130 Å². The Morgan fingerprint density at radius 2 is 1.95 bits per heavy atom. The summed E-state index contributed by atoms with van der Waals surface area (Å²) in [6.07, 6.45) is 7.98. The number of rotatable bonds is 4. The van der Waals surface area contributed by atoms with Gasteiger partial charge < -0.3 is 4.74 Å². The van der Waals surface area contributed by atoms with Crippen LogP contribution in [0.4, 0.5) is 0 Å². The third-order valence-electron chi connectivity index (χ3n) is 5.12. The van der Waals surface area contributed by atoms with Crippen molar-refractivity contribution in [1.82, 2.24) is 4.90 Å². The van der Waals surface area contributed by atoms with Crippen molar-refractivity contribution < 1.29 is 19.1 Å². The molecular formula is C17H23NO4. The Morgan fingerprint density at radius 3 is 2.64 bits per heavy atom. The van der Waals surface area contributed by atoms with Crippen molar-refractivity contribution in [3.8, 4) is 0 Å². The number of amides is 2. The van der Waals surface area contributed by atoms with E-state index < -0.39 is 11.9 Å². The minimum atomic E-state index is -0.602. The predicted octanol–water partition coefficient (Wildman–Crippen LogP) is 2.06. The van der Waals surface area contributed by atoms with Crippen LogP contribution in [-0.4, -0.2) is 35.8 Å². The Morgan fingerprint density at radius 1 is 1.23 bits per heavy atom. The highest BCUT2D eigenvalue weighted by atomic mass is 16.5. The number of ether oxygens (including phenoxy) is 1. The van der Waals surface area contributed by atoms with Gasteiger partial charge in [0.25, 0.3) is 0 Å². The quantitative estimate of drug-likeness (QED) is 0.589. The standard InChI is InChI=1S/C17H23NO4/c1-2-22-17(21)13-9-8-12-14(13)16(20)18(15(12)19)10-11-6-4-3-5-7-11/h9,11-12,14H,2-8,10H2,1H3/t12-,14-/m0/s1. The van der Waals surface area contributed by atoms with Gasteiger partial charge in [-0.2, -0.15) is 0 Å². The van der Waals surface area contributed by atoms with E-state index in [2.05, 4.69) is 0 Å². The van der Waals surface area contributed by atoms with Gasteiger partial charge in [0, 0.05) is 12.1 Å². The fourth-order valence-electron chi connectivity index (χ4n) is 3.99. The minimum absolute atomic E-state index is 0.101. The summed E-state index contributed by atoms with van der Waals surface area (Å²) in [6, 6.07) is 0. The van der Waals surface area contributed by atoms with Crippen LogP contribution in [0.1, 0.15) is 45.4 Å². The zero-order chi connectivity index (χ0) is 15.7. The van der Waals surface area contributed by atoms with Crippen molar-refractivity contribution in [1.29, 1.82) is 0 Å². The van der Waals surface area contributed by atoms with Crippen molar-refractivity contribution in [2.24, 2.45) is 17.8 Å². The van der Waals surface area contributed by atoms with E-state index in [0.717, 1.165) is 12.8 Å². The number of esters is 1. The third kappa shape index (κ3) is 2.57. The number of carbonyl (C=O) groups is 3. The van der Waals surface area contributed by atoms with Crippen LogP contribution in [0.5, 0.6) is 0 Å². The molecule has 0 aromatic carbocycles. The number of carbonyl (C=O) groups excluding carboxylic acids is 3. The first kappa shape index (κ1) is 15.3. The number of nitrogens with zero attached hydrogens (tertiary/aromatic N) is 1. The Kier molecular flexibility index (Phi) is 4.32. The van der Waals surface area contributed by atoms with Crippen LogP contribution in [0, 0.1) is 17.8 Å². The average Bonchev–Trinajstić information content (AvgIpc) is 3.05. The fraction of sp³-hybridized carbons (Fsp3) is 0.706. The van der Waals surface area contributed by atoms with Gasteiger partial charge in [-0.1, -0.05) is 25.3 Å². The number of likely N-dealkylation sites (tertiary alicyclic amines) is 1. The number of imide groups is 1. The molecule has 0 N–H and O–H groups in total. The zero-order valence-electron chi connectivity index (χ0n) is 13.0. The fourth-order valence-corrected chi connectivity index (χ4v) is 3.99. The molecule has 1 saturated heterocycles. The lowest BCUT2D eigenvalue weighted by atomic mass is 9.89. The van der Waals surface area contributed by atoms with E-state index in [0.29, 0.717) is 24.5 Å². The molecule has 0 aromatic rings. The average molecular weight is 305 g/mol. The molecule has 2 amide bonds. The molecule has 3 rings (SSSR count). The predicted molar refractivity (Wildman–Crippen MR) is 79.6 cm³/mol. The van der Waals surface area contributed by atoms with E-state index in [4.69, 9.17) is 4.74 Å². The highest BCUT2D eigenvalue weighted by molar-refractivity contribution is 6.11. The highest BCUT2D eigenvalue weighted by Gasteiger charge is 2.53. The molecule has 0 spiro atoms. The molecule has 0 aromatic heterocycles. The van der Waals surface area contributed by atoms with Crippen LogP contribution < -0.4 is 0 Å². The summed E-state index contributed by atoms with van der Waals surface area (Å²) in [5, 5.41) is 0. The van der Waals surface area contributed by atoms with Crippen LogP contribution in [0.15, 0.2) is 11.6 Å². The molecule has 1 saturated carbocycles. The SMILES string of the molecule is CCOC(=O)C1=CC[C@@H]2C(=O)N(CC3CCCCC3)C(=O)[C@H]12. The van der Waals surface area contributed by atoms with E-state index >= 15 is 0 Å². The number of hydrogen-bond acceptors (Lipinski definition) is 4. The topological polar surface area (TPSA) is 63.7 Å². The van der Waals surface area contributed by atoms with Crippen LogP contribution in [-0.2, 0) is 19.1 Å². The summed E-state index contributed by atoms with van der Waals surface area (Å²) in [5.74, 6) is -1.30. The van der Waals surface area contributed by atoms with Gasteiger partial charge >= 0.3 is 5.97 Å². The first-order valence-corrected chi connectivity index (χ1v) is 8.35. The van der Waals surface area contributed by atoms with Crippen molar-refractivity contribution in [3.63, 3.8) is 0 Å². The number of fused-ring (bicyclic) bond motifs is 1. The summed E-state index contributed by atoms with van der Waals surface area (Å²) >= 11 is 0. The van der Waals surface area contributed by atoms with Gasteiger partial charge in [0.05, 0.1) is 18.4 Å². The van der Waals surface area contributed by atoms with Crippen LogP contribution in [0.2, 0.25) is 0 Å². The molecule has 120 valence electrons. The van der Waals surface area contributed by atoms with Crippen LogP contribution in [0.25, 0.3) is 0 Å². The molecule has 3 aliphatic rings. The van der Waals surface area contributed by atoms with Gasteiger partial charge in [-0.3, -0.25) is 14.5 Å². The second kappa shape index (κ2) is 6.23. The van der Waals surface area contributed by atoms with Crippen molar-refractivity contribution in [2.45, 2.75) is 45.4 Å². The van der Waals surface area contributed by atoms with E-state index in [1.54, 1.807) is 13.0 Å². The summed E-state index contributed by atoms with van der Waals surface area (Å²) in [6.45, 7) is 2.55. The summed E-state index contributed by atoms with van der Waals surface area (Å²) in [7, 11) is 0. The van der Waals surface area contributed by atoms with Crippen LogP contribution >= 0.6 is 0 Å². The van der Waals surface area contributed by atoms with E-state index in [-0.39, 0.29) is 24.3 Å². The normalized spacial score (nSPS) is 28.8. The molecule has 5 nitrogen and oxygen atoms in total. The van der Waals surface area contributed by atoms with Crippen molar-refractivity contribution in [2.75, 3.05) is 13.2 Å². The maximum absolute atomic E-state index is 12.6. The van der Waals surface area contributed by atoms with Gasteiger partial charge in [0.1, 0.15) is 0 Å². The lowest BCUT2D eigenvalue weighted by Gasteiger charge is -2.26. The van der Waals surface area contributed by atoms with E-state index in [9.17, 15) is 14.4 Å². The lowest BCUT2D eigenvalue weighted by molar-refractivity contribution is -0.143. The Hall–Kier alpha value is -1.65. The van der Waals surface area contributed by atoms with Crippen LogP contribution in [0.3, 0.4) is 0 Å². The maximum Gasteiger partial charge on any atom is 0.334 e. The summed E-state index contributed by atoms with van der Waals surface area (Å²) in [4.78, 5) is 38.5. The first-order valence-electron chi connectivity index (χ1n) is 8.35. The molecule has 5 heteroatoms. The van der Waals surface area contributed by atoms with Gasteiger partial charge in [-0.25, -0.2) is 4.79 Å². The summed E-state index contributed by atoms with van der Waals surface area (Å²) < 4.78 is 5.01. The Bertz CT molecular complexity index is 519. The molecule has 2 aliphatic carbocycles. The van der Waals surface area contributed by atoms with E-state index in [1.807, 2.05) is 0 Å². The van der Waals surface area contributed by atoms with Gasteiger partial charge in [-0.15, -0.1) is 0 Å². The molecular weight excluding hydrogens is 282 g/mol. The third-order valence-corrected chi connectivity index (χ3v) is 5.12. The lowest BCUT2D eigenvalue weighted by Crippen LogP contribution is -2.37. The second-order valence-corrected chi connectivity index (χ2v) is 6.49. The van der Waals surface area contributed by atoms with E-state index in [1.165, 1.54) is 24.2 Å². The molecule has 0 radical (unpaired) electrons. The number of hydrogen-bond donors (Lipinski definition) is 0. The molecule has 1 heterocycles. The monoisotopic (exact) mass is 305 g/mol. The molecule has 0 unspecified atom stereocenters. The maximum atomic E-state index is 12.6. The second-order valence-electron chi connectivity index (χ2n) is 6.49. The zero-order valence-corrected chi connectivity index (χ0v) is 13.0. The number of allylic oxidation sites excluding steroid dienone is 1. The van der Waals surface area contributed by atoms with Crippen molar-refractivity contribution in [3.05, 3.63) is 11.6 Å². The highest BCUT2D eigenvalue weighted by Crippen LogP contribution is 2.41. The smallest absolute Gasteiger partial charge is 0.334 e. The first-order chi connectivity index (χ1) is 10.6.